The zero-order chi connectivity index (χ0) is 25.7. The van der Waals surface area contributed by atoms with E-state index >= 15 is 0 Å². The van der Waals surface area contributed by atoms with E-state index in [0.717, 1.165) is 5.52 Å². The lowest BCUT2D eigenvalue weighted by Gasteiger charge is -2.08. The van der Waals surface area contributed by atoms with Gasteiger partial charge in [0.05, 0.1) is 23.1 Å². The quantitative estimate of drug-likeness (QED) is 0.247. The Bertz CT molecular complexity index is 1900. The van der Waals surface area contributed by atoms with Gasteiger partial charge in [-0.3, -0.25) is 19.4 Å². The number of carbonyl (C=O) groups is 2. The average molecular weight is 496 g/mol. The van der Waals surface area contributed by atoms with Crippen molar-refractivity contribution in [2.45, 2.75) is 6.92 Å². The summed E-state index contributed by atoms with van der Waals surface area (Å²) in [5, 5.41) is 11.9. The van der Waals surface area contributed by atoms with Crippen LogP contribution < -0.4 is 10.9 Å². The van der Waals surface area contributed by atoms with Crippen molar-refractivity contribution in [1.29, 1.82) is 0 Å². The summed E-state index contributed by atoms with van der Waals surface area (Å²) in [5.41, 5.74) is 1.67. The van der Waals surface area contributed by atoms with Crippen molar-refractivity contribution in [3.63, 3.8) is 0 Å². The SMILES string of the molecule is Cc1cc(NC(=O)C(=O)c2c[nH]c3ccccc23)n(-c2nc3c(cnn3-c3ccc(F)cc3)c(=O)[nH]2)n1. The number of aryl methyl sites for hydroxylation is 1. The Morgan fingerprint density at radius 3 is 2.62 bits per heavy atom. The number of ketones is 1. The lowest BCUT2D eigenvalue weighted by Crippen LogP contribution is -2.25. The van der Waals surface area contributed by atoms with Crippen LogP contribution in [0.15, 0.2) is 71.8 Å². The third-order valence-corrected chi connectivity index (χ3v) is 5.81. The summed E-state index contributed by atoms with van der Waals surface area (Å²) < 4.78 is 16.0. The number of rotatable bonds is 5. The predicted octanol–water partition coefficient (Wildman–Crippen LogP) is 3.04. The van der Waals surface area contributed by atoms with E-state index in [4.69, 9.17) is 0 Å². The molecule has 0 spiro atoms. The van der Waals surface area contributed by atoms with Gasteiger partial charge in [-0.2, -0.15) is 19.9 Å². The number of carbonyl (C=O) groups excluding carboxylic acids is 2. The Labute approximate surface area is 206 Å². The van der Waals surface area contributed by atoms with E-state index in [-0.39, 0.29) is 28.4 Å². The largest absolute Gasteiger partial charge is 0.360 e. The molecule has 6 rings (SSSR count). The number of amides is 1. The minimum Gasteiger partial charge on any atom is -0.360 e. The summed E-state index contributed by atoms with van der Waals surface area (Å²) in [5.74, 6) is -1.92. The number of para-hydroxylation sites is 1. The first-order valence-electron chi connectivity index (χ1n) is 11.1. The van der Waals surface area contributed by atoms with E-state index in [1.165, 1.54) is 46.0 Å². The van der Waals surface area contributed by atoms with Gasteiger partial charge in [0.1, 0.15) is 17.0 Å². The van der Waals surface area contributed by atoms with Gasteiger partial charge in [-0.15, -0.1) is 0 Å². The van der Waals surface area contributed by atoms with E-state index in [1.807, 2.05) is 6.07 Å². The maximum absolute atomic E-state index is 13.4. The van der Waals surface area contributed by atoms with E-state index in [0.29, 0.717) is 16.8 Å². The molecule has 0 bridgehead atoms. The van der Waals surface area contributed by atoms with Gasteiger partial charge in [0.2, 0.25) is 5.95 Å². The first kappa shape index (κ1) is 22.1. The van der Waals surface area contributed by atoms with Gasteiger partial charge >= 0.3 is 0 Å². The van der Waals surface area contributed by atoms with Crippen LogP contribution in [0.1, 0.15) is 16.1 Å². The van der Waals surface area contributed by atoms with Gasteiger partial charge in [-0.25, -0.2) is 9.07 Å². The monoisotopic (exact) mass is 496 g/mol. The summed E-state index contributed by atoms with van der Waals surface area (Å²) in [6.07, 6.45) is 2.84. The van der Waals surface area contributed by atoms with Crippen LogP contribution in [0.3, 0.4) is 0 Å². The lowest BCUT2D eigenvalue weighted by atomic mass is 10.1. The van der Waals surface area contributed by atoms with Crippen molar-refractivity contribution in [2.24, 2.45) is 0 Å². The molecule has 182 valence electrons. The number of hydrogen-bond acceptors (Lipinski definition) is 6. The van der Waals surface area contributed by atoms with E-state index in [1.54, 1.807) is 31.2 Å². The fraction of sp³-hybridized carbons (Fsp3) is 0.0400. The number of aromatic nitrogens is 7. The molecule has 4 heterocycles. The predicted molar refractivity (Wildman–Crippen MR) is 133 cm³/mol. The average Bonchev–Trinajstić information content (AvgIpc) is 3.61. The Balaban J connectivity index is 1.38. The summed E-state index contributed by atoms with van der Waals surface area (Å²) in [6, 6.07) is 14.2. The highest BCUT2D eigenvalue weighted by molar-refractivity contribution is 6.48. The van der Waals surface area contributed by atoms with Crippen LogP contribution in [-0.2, 0) is 4.79 Å². The van der Waals surface area contributed by atoms with Gasteiger partial charge < -0.3 is 10.3 Å². The Morgan fingerprint density at radius 2 is 1.81 bits per heavy atom. The second-order valence-corrected chi connectivity index (χ2v) is 8.27. The maximum Gasteiger partial charge on any atom is 0.298 e. The van der Waals surface area contributed by atoms with Crippen LogP contribution in [0.2, 0.25) is 0 Å². The molecule has 0 aliphatic rings. The third kappa shape index (κ3) is 3.76. The molecule has 0 unspecified atom stereocenters. The van der Waals surface area contributed by atoms with Crippen molar-refractivity contribution in [1.82, 2.24) is 34.5 Å². The second kappa shape index (κ2) is 8.37. The molecule has 12 heteroatoms. The van der Waals surface area contributed by atoms with Crippen molar-refractivity contribution >= 4 is 39.4 Å². The number of benzene rings is 2. The van der Waals surface area contributed by atoms with Crippen molar-refractivity contribution in [3.05, 3.63) is 94.4 Å². The highest BCUT2D eigenvalue weighted by atomic mass is 19.1. The van der Waals surface area contributed by atoms with Gasteiger partial charge in [-0.1, -0.05) is 18.2 Å². The molecule has 37 heavy (non-hydrogen) atoms. The zero-order valence-electron chi connectivity index (χ0n) is 19.2. The fourth-order valence-electron chi connectivity index (χ4n) is 4.08. The molecular formula is C25H17FN8O3. The number of Topliss-reactive ketones (excluding diaryl/α,β-unsaturated/α-hetero) is 1. The van der Waals surface area contributed by atoms with E-state index in [2.05, 4.69) is 30.5 Å². The summed E-state index contributed by atoms with van der Waals surface area (Å²) >= 11 is 0. The van der Waals surface area contributed by atoms with Crippen LogP contribution >= 0.6 is 0 Å². The molecule has 4 aromatic heterocycles. The van der Waals surface area contributed by atoms with Gasteiger partial charge in [0, 0.05) is 23.2 Å². The number of nitrogens with zero attached hydrogens (tertiary/aromatic N) is 5. The maximum atomic E-state index is 13.4. The first-order chi connectivity index (χ1) is 17.9. The van der Waals surface area contributed by atoms with E-state index < -0.39 is 23.1 Å². The number of anilines is 1. The third-order valence-electron chi connectivity index (χ3n) is 5.81. The van der Waals surface area contributed by atoms with Crippen LogP contribution in [0.4, 0.5) is 10.2 Å². The van der Waals surface area contributed by atoms with Crippen LogP contribution in [-0.4, -0.2) is 46.2 Å². The highest BCUT2D eigenvalue weighted by Gasteiger charge is 2.23. The number of fused-ring (bicyclic) bond motifs is 2. The minimum absolute atomic E-state index is 0.00990. The number of nitrogens with one attached hydrogen (secondary N) is 3. The van der Waals surface area contributed by atoms with Crippen LogP contribution in [0.25, 0.3) is 33.6 Å². The standard InChI is InChI=1S/C25H17FN8O3/c1-13-10-20(29-24(37)21(35)17-11-27-19-5-3-2-4-16(17)19)34(32-13)25-30-22-18(23(36)31-25)12-28-33(22)15-8-6-14(26)7-9-15/h2-12,27H,1H3,(H,29,37)(H,30,31,36). The highest BCUT2D eigenvalue weighted by Crippen LogP contribution is 2.21. The molecule has 0 aliphatic carbocycles. The number of halogens is 1. The lowest BCUT2D eigenvalue weighted by molar-refractivity contribution is -0.112. The molecule has 0 saturated carbocycles. The molecular weight excluding hydrogens is 479 g/mol. The van der Waals surface area contributed by atoms with Gasteiger partial charge in [0.25, 0.3) is 17.2 Å². The minimum atomic E-state index is -0.884. The normalized spacial score (nSPS) is 11.3. The number of aromatic amines is 2. The first-order valence-corrected chi connectivity index (χ1v) is 11.1. The summed E-state index contributed by atoms with van der Waals surface area (Å²) in [6.45, 7) is 1.69. The Kier molecular flexibility index (Phi) is 5.00. The molecule has 0 saturated heterocycles. The summed E-state index contributed by atoms with van der Waals surface area (Å²) in [7, 11) is 0. The Morgan fingerprint density at radius 1 is 1.03 bits per heavy atom. The van der Waals surface area contributed by atoms with Crippen molar-refractivity contribution in [3.8, 4) is 11.6 Å². The van der Waals surface area contributed by atoms with E-state index in [9.17, 15) is 18.8 Å². The smallest absolute Gasteiger partial charge is 0.298 e. The van der Waals surface area contributed by atoms with Crippen LogP contribution in [0.5, 0.6) is 0 Å². The fourth-order valence-corrected chi connectivity index (χ4v) is 4.08. The van der Waals surface area contributed by atoms with Crippen LogP contribution in [0, 0.1) is 12.7 Å². The topological polar surface area (TPSA) is 143 Å². The number of hydrogen-bond donors (Lipinski definition) is 3. The molecule has 11 nitrogen and oxygen atoms in total. The van der Waals surface area contributed by atoms with Gasteiger partial charge in [-0.05, 0) is 37.3 Å². The Hall–Kier alpha value is -5.39. The summed E-state index contributed by atoms with van der Waals surface area (Å²) in [4.78, 5) is 48.7. The molecule has 0 aliphatic heterocycles. The van der Waals surface area contributed by atoms with Gasteiger partial charge in [0.15, 0.2) is 5.65 Å². The number of H-pyrrole nitrogens is 2. The van der Waals surface area contributed by atoms with Crippen molar-refractivity contribution < 1.29 is 14.0 Å². The molecule has 3 N–H and O–H groups in total. The molecule has 2 aromatic carbocycles. The molecule has 6 aromatic rings. The molecule has 0 radical (unpaired) electrons. The molecule has 1 amide bonds. The molecule has 0 atom stereocenters. The molecule has 0 fully saturated rings. The second-order valence-electron chi connectivity index (χ2n) is 8.27. The zero-order valence-corrected chi connectivity index (χ0v) is 19.2. The van der Waals surface area contributed by atoms with Crippen molar-refractivity contribution in [2.75, 3.05) is 5.32 Å².